The lowest BCUT2D eigenvalue weighted by atomic mass is 10.7. The van der Waals surface area contributed by atoms with E-state index in [1.807, 2.05) is 25.4 Å². The molecule has 1 aromatic rings. The van der Waals surface area contributed by atoms with Gasteiger partial charge in [-0.05, 0) is 12.1 Å². The van der Waals surface area contributed by atoms with Crippen LogP contribution in [0.2, 0.25) is 0 Å². The molecule has 1 heterocycles. The minimum absolute atomic E-state index is 1.75. The van der Waals surface area contributed by atoms with Crippen molar-refractivity contribution in [2.75, 3.05) is 12.5 Å². The largest absolute Gasteiger partial charge is 0.329 e. The van der Waals surface area contributed by atoms with E-state index in [1.165, 1.54) is 0 Å². The minimum Gasteiger partial charge on any atom is -0.329 e. The summed E-state index contributed by atoms with van der Waals surface area (Å²) in [5, 5.41) is 0. The van der Waals surface area contributed by atoms with E-state index < -0.39 is 0 Å². The molecule has 2 nitrogen and oxygen atoms in total. The molecule has 1 N–H and O–H groups in total. The fourth-order valence-corrected chi connectivity index (χ4v) is 0.435. The second kappa shape index (κ2) is 1.69. The standard InChI is InChI=1S/C5H7N2/c1-6-7-4-2-3-5-7/h2-4,6H,1H3. The van der Waals surface area contributed by atoms with Crippen LogP contribution in [0.3, 0.4) is 0 Å². The molecule has 0 saturated heterocycles. The lowest BCUT2D eigenvalue weighted by molar-refractivity contribution is 0.929. The second-order valence-electron chi connectivity index (χ2n) is 1.23. The molecule has 2 heteroatoms. The highest BCUT2D eigenvalue weighted by Crippen LogP contribution is 1.79. The van der Waals surface area contributed by atoms with E-state index in [2.05, 4.69) is 11.6 Å². The predicted octanol–water partition coefficient (Wildman–Crippen LogP) is 0.462. The van der Waals surface area contributed by atoms with Crippen molar-refractivity contribution in [2.24, 2.45) is 0 Å². The molecule has 0 spiro atoms. The van der Waals surface area contributed by atoms with E-state index in [1.54, 1.807) is 4.68 Å². The van der Waals surface area contributed by atoms with Gasteiger partial charge in [-0.15, -0.1) is 0 Å². The van der Waals surface area contributed by atoms with Crippen molar-refractivity contribution in [2.45, 2.75) is 0 Å². The smallest absolute Gasteiger partial charge is 0.0875 e. The van der Waals surface area contributed by atoms with Gasteiger partial charge in [-0.3, -0.25) is 4.68 Å². The van der Waals surface area contributed by atoms with E-state index in [4.69, 9.17) is 0 Å². The van der Waals surface area contributed by atoms with Crippen molar-refractivity contribution in [1.29, 1.82) is 0 Å². The molecule has 0 aromatic carbocycles. The fourth-order valence-electron chi connectivity index (χ4n) is 0.435. The quantitative estimate of drug-likeness (QED) is 0.536. The molecule has 37 valence electrons. The van der Waals surface area contributed by atoms with E-state index in [-0.39, 0.29) is 0 Å². The normalized spacial score (nSPS) is 8.71. The number of aromatic nitrogens is 1. The minimum atomic E-state index is 1.75. The zero-order valence-electron chi connectivity index (χ0n) is 4.18. The Labute approximate surface area is 42.7 Å². The van der Waals surface area contributed by atoms with Crippen molar-refractivity contribution in [3.05, 3.63) is 24.5 Å². The molecule has 0 aliphatic carbocycles. The Kier molecular flexibility index (Phi) is 1.02. The van der Waals surface area contributed by atoms with Crippen molar-refractivity contribution in [3.8, 4) is 0 Å². The maximum Gasteiger partial charge on any atom is 0.0875 e. The van der Waals surface area contributed by atoms with Crippen molar-refractivity contribution >= 4 is 0 Å². The number of nitrogens with zero attached hydrogens (tertiary/aromatic N) is 1. The summed E-state index contributed by atoms with van der Waals surface area (Å²) >= 11 is 0. The molecule has 0 saturated carbocycles. The maximum absolute atomic E-state index is 2.89. The van der Waals surface area contributed by atoms with Crippen LogP contribution in [-0.4, -0.2) is 11.7 Å². The molecular formula is C5H7N2. The zero-order valence-corrected chi connectivity index (χ0v) is 4.18. The van der Waals surface area contributed by atoms with E-state index in [0.717, 1.165) is 0 Å². The summed E-state index contributed by atoms with van der Waals surface area (Å²) in [6.07, 6.45) is 4.78. The molecular weight excluding hydrogens is 88.1 g/mol. The maximum atomic E-state index is 2.89. The van der Waals surface area contributed by atoms with Crippen LogP contribution in [0.15, 0.2) is 18.3 Å². The highest BCUT2D eigenvalue weighted by atomic mass is 15.4. The first-order valence-electron chi connectivity index (χ1n) is 2.16. The Morgan fingerprint density at radius 2 is 2.57 bits per heavy atom. The zero-order chi connectivity index (χ0) is 5.11. The summed E-state index contributed by atoms with van der Waals surface area (Å²) < 4.78 is 1.75. The van der Waals surface area contributed by atoms with Gasteiger partial charge in [-0.1, -0.05) is 0 Å². The van der Waals surface area contributed by atoms with Gasteiger partial charge in [-0.25, -0.2) is 0 Å². The van der Waals surface area contributed by atoms with E-state index in [0.29, 0.717) is 0 Å². The summed E-state index contributed by atoms with van der Waals surface area (Å²) in [5.41, 5.74) is 2.87. The van der Waals surface area contributed by atoms with Gasteiger partial charge in [0, 0.05) is 13.2 Å². The van der Waals surface area contributed by atoms with Crippen LogP contribution in [-0.2, 0) is 0 Å². The molecule has 0 unspecified atom stereocenters. The number of hydrogen-bond acceptors (Lipinski definition) is 1. The van der Waals surface area contributed by atoms with Crippen LogP contribution in [0.4, 0.5) is 0 Å². The summed E-state index contributed by atoms with van der Waals surface area (Å²) in [5.74, 6) is 0. The third kappa shape index (κ3) is 0.738. The van der Waals surface area contributed by atoms with Gasteiger partial charge in [0.15, 0.2) is 0 Å². The van der Waals surface area contributed by atoms with Crippen LogP contribution in [0.25, 0.3) is 0 Å². The first kappa shape index (κ1) is 4.24. The van der Waals surface area contributed by atoms with Crippen LogP contribution in [0, 0.1) is 6.20 Å². The van der Waals surface area contributed by atoms with Gasteiger partial charge < -0.3 is 5.43 Å². The van der Waals surface area contributed by atoms with Gasteiger partial charge in [0.25, 0.3) is 0 Å². The van der Waals surface area contributed by atoms with Crippen LogP contribution < -0.4 is 5.43 Å². The lowest BCUT2D eigenvalue weighted by Gasteiger charge is -1.94. The Morgan fingerprint density at radius 3 is 2.86 bits per heavy atom. The molecule has 1 rings (SSSR count). The predicted molar refractivity (Wildman–Crippen MR) is 28.6 cm³/mol. The molecule has 0 fully saturated rings. The van der Waals surface area contributed by atoms with Crippen LogP contribution >= 0.6 is 0 Å². The average Bonchev–Trinajstić information content (AvgIpc) is 2.14. The Balaban J connectivity index is 2.76. The number of hydrogen-bond donors (Lipinski definition) is 1. The molecule has 0 aliphatic rings. The third-order valence-corrected chi connectivity index (χ3v) is 0.786. The summed E-state index contributed by atoms with van der Waals surface area (Å²) in [4.78, 5) is 0. The van der Waals surface area contributed by atoms with Gasteiger partial charge in [0.2, 0.25) is 0 Å². The third-order valence-electron chi connectivity index (χ3n) is 0.786. The van der Waals surface area contributed by atoms with Crippen LogP contribution in [0.5, 0.6) is 0 Å². The molecule has 1 radical (unpaired) electrons. The highest BCUT2D eigenvalue weighted by Gasteiger charge is 1.75. The van der Waals surface area contributed by atoms with Crippen molar-refractivity contribution in [1.82, 2.24) is 4.68 Å². The first-order chi connectivity index (χ1) is 3.43. The van der Waals surface area contributed by atoms with Gasteiger partial charge >= 0.3 is 0 Å². The molecule has 7 heavy (non-hydrogen) atoms. The summed E-state index contributed by atoms with van der Waals surface area (Å²) in [6, 6.07) is 3.76. The summed E-state index contributed by atoms with van der Waals surface area (Å²) in [6.45, 7) is 0. The van der Waals surface area contributed by atoms with Crippen LogP contribution in [0.1, 0.15) is 0 Å². The molecule has 0 bridgehead atoms. The van der Waals surface area contributed by atoms with Gasteiger partial charge in [0.05, 0.1) is 6.20 Å². The van der Waals surface area contributed by atoms with E-state index in [9.17, 15) is 0 Å². The SMILES string of the molecule is CNn1[c]ccc1. The second-order valence-corrected chi connectivity index (χ2v) is 1.23. The topological polar surface area (TPSA) is 17.0 Å². The van der Waals surface area contributed by atoms with Crippen molar-refractivity contribution < 1.29 is 0 Å². The molecule has 0 atom stereocenters. The van der Waals surface area contributed by atoms with Gasteiger partial charge in [-0.2, -0.15) is 0 Å². The Bertz CT molecular complexity index is 121. The molecule has 0 amide bonds. The Hall–Kier alpha value is -0.920. The lowest BCUT2D eigenvalue weighted by Crippen LogP contribution is -2.04. The Morgan fingerprint density at radius 1 is 1.71 bits per heavy atom. The van der Waals surface area contributed by atoms with Gasteiger partial charge in [0.1, 0.15) is 0 Å². The monoisotopic (exact) mass is 95.1 g/mol. The van der Waals surface area contributed by atoms with E-state index >= 15 is 0 Å². The highest BCUT2D eigenvalue weighted by molar-refractivity contribution is 4.89. The fraction of sp³-hybridized carbons (Fsp3) is 0.200. The number of rotatable bonds is 1. The average molecular weight is 95.1 g/mol. The van der Waals surface area contributed by atoms with Crippen molar-refractivity contribution in [3.63, 3.8) is 0 Å². The molecule has 0 aliphatic heterocycles. The molecule has 1 aromatic heterocycles. The number of nitrogens with one attached hydrogen (secondary N) is 1. The first-order valence-corrected chi connectivity index (χ1v) is 2.16. The summed E-state index contributed by atoms with van der Waals surface area (Å²) in [7, 11) is 1.84.